The minimum Gasteiger partial charge on any atom is -0.496 e. The molecule has 19 heavy (non-hydrogen) atoms. The van der Waals surface area contributed by atoms with Crippen LogP contribution in [0.2, 0.25) is 0 Å². The quantitative estimate of drug-likeness (QED) is 0.734. The minimum atomic E-state index is -0.307. The SMILES string of the molecule is COc1ccc(N)cc1C(=O)Nc1n[nH]c(C)c1C. The largest absolute Gasteiger partial charge is 0.496 e. The Hall–Kier alpha value is -2.50. The molecule has 0 saturated carbocycles. The fourth-order valence-electron chi connectivity index (χ4n) is 1.68. The fourth-order valence-corrected chi connectivity index (χ4v) is 1.68. The number of hydrogen-bond acceptors (Lipinski definition) is 4. The highest BCUT2D eigenvalue weighted by Crippen LogP contribution is 2.23. The lowest BCUT2D eigenvalue weighted by atomic mass is 10.1. The zero-order valence-electron chi connectivity index (χ0n) is 11.1. The minimum absolute atomic E-state index is 0.307. The Morgan fingerprint density at radius 1 is 1.42 bits per heavy atom. The summed E-state index contributed by atoms with van der Waals surface area (Å²) in [6.45, 7) is 3.77. The van der Waals surface area contributed by atoms with E-state index < -0.39 is 0 Å². The summed E-state index contributed by atoms with van der Waals surface area (Å²) in [5.41, 5.74) is 8.38. The van der Waals surface area contributed by atoms with Crippen molar-refractivity contribution in [3.63, 3.8) is 0 Å². The normalized spacial score (nSPS) is 10.3. The van der Waals surface area contributed by atoms with Crippen molar-refractivity contribution in [3.05, 3.63) is 35.0 Å². The lowest BCUT2D eigenvalue weighted by Gasteiger charge is -2.09. The molecule has 2 rings (SSSR count). The van der Waals surface area contributed by atoms with E-state index in [1.165, 1.54) is 7.11 Å². The van der Waals surface area contributed by atoms with Gasteiger partial charge in [-0.3, -0.25) is 9.89 Å². The molecule has 0 atom stereocenters. The molecule has 0 spiro atoms. The molecule has 2 aromatic rings. The van der Waals surface area contributed by atoms with Gasteiger partial charge in [0.2, 0.25) is 0 Å². The van der Waals surface area contributed by atoms with Crippen molar-refractivity contribution in [2.24, 2.45) is 0 Å². The van der Waals surface area contributed by atoms with Gasteiger partial charge in [0.1, 0.15) is 5.75 Å². The molecule has 100 valence electrons. The van der Waals surface area contributed by atoms with Gasteiger partial charge in [-0.2, -0.15) is 5.10 Å². The van der Waals surface area contributed by atoms with Crippen molar-refractivity contribution in [1.82, 2.24) is 10.2 Å². The molecule has 0 fully saturated rings. The number of ether oxygens (including phenoxy) is 1. The zero-order valence-corrected chi connectivity index (χ0v) is 11.1. The predicted octanol–water partition coefficient (Wildman–Crippen LogP) is 1.87. The Balaban J connectivity index is 2.30. The Kier molecular flexibility index (Phi) is 3.41. The summed E-state index contributed by atoms with van der Waals surface area (Å²) in [5, 5.41) is 9.58. The van der Waals surface area contributed by atoms with Crippen molar-refractivity contribution in [2.75, 3.05) is 18.2 Å². The van der Waals surface area contributed by atoms with Gasteiger partial charge in [-0.1, -0.05) is 0 Å². The summed E-state index contributed by atoms with van der Waals surface area (Å²) in [5.74, 6) is 0.669. The Morgan fingerprint density at radius 3 is 2.74 bits per heavy atom. The molecule has 6 heteroatoms. The first-order chi connectivity index (χ1) is 9.02. The molecule has 0 aliphatic carbocycles. The third-order valence-corrected chi connectivity index (χ3v) is 2.95. The molecule has 1 aromatic heterocycles. The average molecular weight is 260 g/mol. The van der Waals surface area contributed by atoms with Crippen molar-refractivity contribution < 1.29 is 9.53 Å². The van der Waals surface area contributed by atoms with Crippen LogP contribution in [0.5, 0.6) is 5.75 Å². The topological polar surface area (TPSA) is 93.0 Å². The number of nitrogens with zero attached hydrogens (tertiary/aromatic N) is 1. The van der Waals surface area contributed by atoms with E-state index in [1.54, 1.807) is 18.2 Å². The maximum Gasteiger partial charge on any atom is 0.260 e. The lowest BCUT2D eigenvalue weighted by Crippen LogP contribution is -2.14. The van der Waals surface area contributed by atoms with Crippen LogP contribution in [-0.4, -0.2) is 23.2 Å². The molecule has 0 aliphatic heterocycles. The van der Waals surface area contributed by atoms with Crippen molar-refractivity contribution in [1.29, 1.82) is 0 Å². The number of aryl methyl sites for hydroxylation is 1. The van der Waals surface area contributed by atoms with Gasteiger partial charge in [0.05, 0.1) is 12.7 Å². The monoisotopic (exact) mass is 260 g/mol. The number of benzene rings is 1. The standard InChI is InChI=1S/C13H16N4O2/c1-7-8(2)16-17-12(7)15-13(18)10-6-9(14)4-5-11(10)19-3/h4-6H,14H2,1-3H3,(H2,15,16,17,18). The van der Waals surface area contributed by atoms with Crippen molar-refractivity contribution in [3.8, 4) is 5.75 Å². The first kappa shape index (κ1) is 12.9. The maximum atomic E-state index is 12.2. The summed E-state index contributed by atoms with van der Waals surface area (Å²) >= 11 is 0. The third kappa shape index (κ3) is 2.52. The van der Waals surface area contributed by atoms with Crippen molar-refractivity contribution >= 4 is 17.4 Å². The van der Waals surface area contributed by atoms with Gasteiger partial charge in [0.25, 0.3) is 5.91 Å². The fraction of sp³-hybridized carbons (Fsp3) is 0.231. The second kappa shape index (κ2) is 5.01. The maximum absolute atomic E-state index is 12.2. The van der Waals surface area contributed by atoms with E-state index in [-0.39, 0.29) is 5.91 Å². The van der Waals surface area contributed by atoms with E-state index in [4.69, 9.17) is 10.5 Å². The Morgan fingerprint density at radius 2 is 2.16 bits per heavy atom. The summed E-state index contributed by atoms with van der Waals surface area (Å²) < 4.78 is 5.15. The van der Waals surface area contributed by atoms with Crippen LogP contribution in [0.15, 0.2) is 18.2 Å². The molecular formula is C13H16N4O2. The van der Waals surface area contributed by atoms with E-state index in [0.717, 1.165) is 11.3 Å². The van der Waals surface area contributed by atoms with Crippen LogP contribution in [-0.2, 0) is 0 Å². The number of methoxy groups -OCH3 is 1. The van der Waals surface area contributed by atoms with Gasteiger partial charge in [-0.15, -0.1) is 0 Å². The molecule has 0 aliphatic rings. The highest BCUT2D eigenvalue weighted by molar-refractivity contribution is 6.06. The predicted molar refractivity (Wildman–Crippen MR) is 73.4 cm³/mol. The van der Waals surface area contributed by atoms with E-state index in [0.29, 0.717) is 22.8 Å². The van der Waals surface area contributed by atoms with Gasteiger partial charge in [-0.05, 0) is 32.0 Å². The van der Waals surface area contributed by atoms with E-state index in [9.17, 15) is 4.79 Å². The number of amides is 1. The molecule has 1 aromatic carbocycles. The number of nitrogens with one attached hydrogen (secondary N) is 2. The van der Waals surface area contributed by atoms with Crippen LogP contribution in [0.1, 0.15) is 21.6 Å². The number of carbonyl (C=O) groups excluding carboxylic acids is 1. The van der Waals surface area contributed by atoms with E-state index >= 15 is 0 Å². The smallest absolute Gasteiger partial charge is 0.260 e. The summed E-state index contributed by atoms with van der Waals surface area (Å²) in [6.07, 6.45) is 0. The molecule has 4 N–H and O–H groups in total. The highest BCUT2D eigenvalue weighted by Gasteiger charge is 2.15. The highest BCUT2D eigenvalue weighted by atomic mass is 16.5. The average Bonchev–Trinajstić information content (AvgIpc) is 2.70. The van der Waals surface area contributed by atoms with Gasteiger partial charge in [0.15, 0.2) is 5.82 Å². The van der Waals surface area contributed by atoms with Crippen LogP contribution in [0, 0.1) is 13.8 Å². The van der Waals surface area contributed by atoms with Crippen molar-refractivity contribution in [2.45, 2.75) is 13.8 Å². The molecular weight excluding hydrogens is 244 g/mol. The molecule has 1 amide bonds. The number of aromatic nitrogens is 2. The number of nitrogen functional groups attached to an aromatic ring is 1. The summed E-state index contributed by atoms with van der Waals surface area (Å²) in [6, 6.07) is 4.91. The molecule has 0 bridgehead atoms. The van der Waals surface area contributed by atoms with Crippen LogP contribution in [0.3, 0.4) is 0 Å². The van der Waals surface area contributed by atoms with Crippen LogP contribution < -0.4 is 15.8 Å². The van der Waals surface area contributed by atoms with E-state index in [1.807, 2.05) is 13.8 Å². The second-order valence-corrected chi connectivity index (χ2v) is 4.24. The molecule has 0 saturated heterocycles. The number of rotatable bonds is 3. The van der Waals surface area contributed by atoms with Gasteiger partial charge in [0, 0.05) is 16.9 Å². The lowest BCUT2D eigenvalue weighted by molar-refractivity contribution is 0.102. The molecule has 0 radical (unpaired) electrons. The number of hydrogen-bond donors (Lipinski definition) is 3. The Bertz CT molecular complexity index is 619. The van der Waals surface area contributed by atoms with E-state index in [2.05, 4.69) is 15.5 Å². The van der Waals surface area contributed by atoms with Crippen LogP contribution in [0.25, 0.3) is 0 Å². The summed E-state index contributed by atoms with van der Waals surface area (Å²) in [7, 11) is 1.51. The molecule has 6 nitrogen and oxygen atoms in total. The first-order valence-electron chi connectivity index (χ1n) is 5.79. The number of H-pyrrole nitrogens is 1. The zero-order chi connectivity index (χ0) is 14.0. The van der Waals surface area contributed by atoms with Gasteiger partial charge in [-0.25, -0.2) is 0 Å². The van der Waals surface area contributed by atoms with Gasteiger partial charge >= 0.3 is 0 Å². The first-order valence-corrected chi connectivity index (χ1v) is 5.79. The van der Waals surface area contributed by atoms with Gasteiger partial charge < -0.3 is 15.8 Å². The summed E-state index contributed by atoms with van der Waals surface area (Å²) in [4.78, 5) is 12.2. The molecule has 1 heterocycles. The second-order valence-electron chi connectivity index (χ2n) is 4.24. The number of nitrogens with two attached hydrogens (primary N) is 1. The van der Waals surface area contributed by atoms with Crippen LogP contribution in [0.4, 0.5) is 11.5 Å². The number of aromatic amines is 1. The molecule has 0 unspecified atom stereocenters. The number of anilines is 2. The number of carbonyl (C=O) groups is 1. The Labute approximate surface area is 111 Å². The third-order valence-electron chi connectivity index (χ3n) is 2.95. The van der Waals surface area contributed by atoms with Crippen LogP contribution >= 0.6 is 0 Å².